The quantitative estimate of drug-likeness (QED) is 0.674. The molecular weight excluding hydrogens is 332 g/mol. The predicted octanol–water partition coefficient (Wildman–Crippen LogP) is 3.39. The first kappa shape index (κ1) is 16.4. The Labute approximate surface area is 151 Å². The summed E-state index contributed by atoms with van der Waals surface area (Å²) in [6.07, 6.45) is 1.52. The van der Waals surface area contributed by atoms with E-state index in [4.69, 9.17) is 0 Å². The van der Waals surface area contributed by atoms with Crippen molar-refractivity contribution in [1.29, 1.82) is 0 Å². The molecule has 4 rings (SSSR count). The maximum absolute atomic E-state index is 13.0. The molecule has 1 atom stereocenters. The third-order valence-electron chi connectivity index (χ3n) is 4.90. The summed E-state index contributed by atoms with van der Waals surface area (Å²) in [7, 11) is 3.55. The van der Waals surface area contributed by atoms with E-state index in [1.807, 2.05) is 35.2 Å². The van der Waals surface area contributed by atoms with Gasteiger partial charge in [0, 0.05) is 37.5 Å². The largest absolute Gasteiger partial charge is 0.372 e. The van der Waals surface area contributed by atoms with Gasteiger partial charge in [-0.15, -0.1) is 0 Å². The first-order valence-electron chi connectivity index (χ1n) is 8.61. The number of benzene rings is 2. The van der Waals surface area contributed by atoms with E-state index in [9.17, 15) is 14.9 Å². The Morgan fingerprint density at radius 1 is 1.19 bits per heavy atom. The Bertz CT molecular complexity index is 892. The number of amides is 1. The smallest absolute Gasteiger partial charge is 0.292 e. The van der Waals surface area contributed by atoms with E-state index in [2.05, 4.69) is 5.32 Å². The summed E-state index contributed by atoms with van der Waals surface area (Å²) in [6, 6.07) is 12.8. The minimum absolute atomic E-state index is 0.0220. The second-order valence-electron chi connectivity index (χ2n) is 6.94. The molecule has 0 radical (unpaired) electrons. The van der Waals surface area contributed by atoms with Gasteiger partial charge in [0.2, 0.25) is 0 Å². The van der Waals surface area contributed by atoms with Crippen molar-refractivity contribution in [2.45, 2.75) is 25.0 Å². The monoisotopic (exact) mass is 352 g/mol. The van der Waals surface area contributed by atoms with E-state index in [1.54, 1.807) is 31.1 Å². The highest BCUT2D eigenvalue weighted by atomic mass is 16.6. The van der Waals surface area contributed by atoms with E-state index in [0.717, 1.165) is 24.1 Å². The number of fused-ring (bicyclic) bond motifs is 1. The van der Waals surface area contributed by atoms with Crippen molar-refractivity contribution in [3.05, 3.63) is 63.7 Å². The van der Waals surface area contributed by atoms with Crippen LogP contribution in [-0.2, 0) is 0 Å². The highest BCUT2D eigenvalue weighted by Gasteiger charge is 2.42. The maximum atomic E-state index is 13.0. The lowest BCUT2D eigenvalue weighted by Gasteiger charge is -2.38. The standard InChI is InChI=1S/C19H20N4O3/c1-21(2)16-10-7-12(11-17(16)23(25)26)18-20-15-6-4-3-5-14(15)19(24)22(18)13-8-9-13/h3-7,10-11,13,18,20H,8-9H2,1-2H3/t18-/m0/s1. The molecule has 0 saturated heterocycles. The molecule has 0 spiro atoms. The van der Waals surface area contributed by atoms with Gasteiger partial charge in [0.15, 0.2) is 0 Å². The summed E-state index contributed by atoms with van der Waals surface area (Å²) < 4.78 is 0. The second-order valence-corrected chi connectivity index (χ2v) is 6.94. The lowest BCUT2D eigenvalue weighted by Crippen LogP contribution is -2.44. The number of nitro groups is 1. The van der Waals surface area contributed by atoms with Crippen LogP contribution in [0.4, 0.5) is 17.1 Å². The predicted molar refractivity (Wildman–Crippen MR) is 99.4 cm³/mol. The summed E-state index contributed by atoms with van der Waals surface area (Å²) in [5, 5.41) is 14.9. The minimum Gasteiger partial charge on any atom is -0.372 e. The molecule has 1 amide bonds. The maximum Gasteiger partial charge on any atom is 0.292 e. The molecule has 1 N–H and O–H groups in total. The zero-order valence-electron chi connectivity index (χ0n) is 14.7. The molecule has 1 saturated carbocycles. The van der Waals surface area contributed by atoms with E-state index in [0.29, 0.717) is 11.3 Å². The molecule has 26 heavy (non-hydrogen) atoms. The number of nitrogens with zero attached hydrogens (tertiary/aromatic N) is 3. The molecular formula is C19H20N4O3. The van der Waals surface area contributed by atoms with Crippen LogP contribution >= 0.6 is 0 Å². The van der Waals surface area contributed by atoms with Crippen molar-refractivity contribution in [3.63, 3.8) is 0 Å². The van der Waals surface area contributed by atoms with Crippen molar-refractivity contribution in [2.24, 2.45) is 0 Å². The molecule has 2 aromatic carbocycles. The number of nitro benzene ring substituents is 1. The first-order chi connectivity index (χ1) is 12.5. The molecule has 1 aliphatic heterocycles. The molecule has 1 heterocycles. The lowest BCUT2D eigenvalue weighted by atomic mass is 10.0. The molecule has 2 aliphatic rings. The Balaban J connectivity index is 1.80. The van der Waals surface area contributed by atoms with Crippen molar-refractivity contribution in [3.8, 4) is 0 Å². The van der Waals surface area contributed by atoms with Crippen molar-refractivity contribution >= 4 is 23.0 Å². The van der Waals surface area contributed by atoms with Gasteiger partial charge in [0.25, 0.3) is 11.6 Å². The molecule has 2 aromatic rings. The fraction of sp³-hybridized carbons (Fsp3) is 0.316. The summed E-state index contributed by atoms with van der Waals surface area (Å²) >= 11 is 0. The molecule has 0 bridgehead atoms. The van der Waals surface area contributed by atoms with Crippen LogP contribution in [0.25, 0.3) is 0 Å². The van der Waals surface area contributed by atoms with Gasteiger partial charge >= 0.3 is 0 Å². The Morgan fingerprint density at radius 2 is 1.92 bits per heavy atom. The van der Waals surface area contributed by atoms with Gasteiger partial charge in [-0.25, -0.2) is 0 Å². The van der Waals surface area contributed by atoms with Gasteiger partial charge in [-0.2, -0.15) is 0 Å². The van der Waals surface area contributed by atoms with E-state index >= 15 is 0 Å². The van der Waals surface area contributed by atoms with Gasteiger partial charge in [0.05, 0.1) is 10.5 Å². The van der Waals surface area contributed by atoms with Crippen molar-refractivity contribution < 1.29 is 9.72 Å². The van der Waals surface area contributed by atoms with Gasteiger partial charge in [0.1, 0.15) is 11.9 Å². The molecule has 1 fully saturated rings. The van der Waals surface area contributed by atoms with Crippen LogP contribution in [0.15, 0.2) is 42.5 Å². The zero-order chi connectivity index (χ0) is 18.4. The minimum atomic E-state index is -0.403. The van der Waals surface area contributed by atoms with Gasteiger partial charge in [-0.3, -0.25) is 14.9 Å². The number of anilines is 2. The molecule has 7 nitrogen and oxygen atoms in total. The van der Waals surface area contributed by atoms with Crippen LogP contribution < -0.4 is 10.2 Å². The zero-order valence-corrected chi connectivity index (χ0v) is 14.7. The lowest BCUT2D eigenvalue weighted by molar-refractivity contribution is -0.384. The van der Waals surface area contributed by atoms with Gasteiger partial charge in [-0.1, -0.05) is 18.2 Å². The number of nitrogens with one attached hydrogen (secondary N) is 1. The van der Waals surface area contributed by atoms with Gasteiger partial charge < -0.3 is 15.1 Å². The van der Waals surface area contributed by atoms with E-state index in [-0.39, 0.29) is 22.6 Å². The Morgan fingerprint density at radius 3 is 2.58 bits per heavy atom. The fourth-order valence-corrected chi connectivity index (χ4v) is 3.48. The highest BCUT2D eigenvalue weighted by molar-refractivity contribution is 6.02. The number of rotatable bonds is 4. The van der Waals surface area contributed by atoms with E-state index in [1.165, 1.54) is 0 Å². The fourth-order valence-electron chi connectivity index (χ4n) is 3.48. The van der Waals surface area contributed by atoms with Crippen molar-refractivity contribution in [2.75, 3.05) is 24.3 Å². The summed E-state index contributed by atoms with van der Waals surface area (Å²) in [6.45, 7) is 0. The summed E-state index contributed by atoms with van der Waals surface area (Å²) in [5.41, 5.74) is 2.71. The number of carbonyl (C=O) groups excluding carboxylic acids is 1. The second kappa shape index (κ2) is 6.01. The summed E-state index contributed by atoms with van der Waals surface area (Å²) in [5.74, 6) is -0.0220. The molecule has 134 valence electrons. The van der Waals surface area contributed by atoms with Crippen molar-refractivity contribution in [1.82, 2.24) is 4.90 Å². The number of carbonyl (C=O) groups is 1. The SMILES string of the molecule is CN(C)c1ccc([C@H]2Nc3ccccc3C(=O)N2C2CC2)cc1[N+](=O)[O-]. The normalized spacial score (nSPS) is 18.9. The molecule has 0 aromatic heterocycles. The van der Waals surface area contributed by atoms with Gasteiger partial charge in [-0.05, 0) is 31.0 Å². The summed E-state index contributed by atoms with van der Waals surface area (Å²) in [4.78, 5) is 27.7. The van der Waals surface area contributed by atoms with Crippen LogP contribution in [0, 0.1) is 10.1 Å². The third kappa shape index (κ3) is 2.65. The average Bonchev–Trinajstić information content (AvgIpc) is 3.45. The molecule has 0 unspecified atom stereocenters. The van der Waals surface area contributed by atoms with E-state index < -0.39 is 6.17 Å². The number of hydrogen-bond acceptors (Lipinski definition) is 5. The highest BCUT2D eigenvalue weighted by Crippen LogP contribution is 2.42. The average molecular weight is 352 g/mol. The van der Waals surface area contributed by atoms with Crippen LogP contribution in [0.5, 0.6) is 0 Å². The molecule has 1 aliphatic carbocycles. The third-order valence-corrected chi connectivity index (χ3v) is 4.90. The number of para-hydroxylation sites is 1. The molecule has 7 heteroatoms. The van der Waals surface area contributed by atoms with Crippen LogP contribution in [0.3, 0.4) is 0 Å². The van der Waals surface area contributed by atoms with Crippen LogP contribution in [0.1, 0.15) is 34.9 Å². The van der Waals surface area contributed by atoms with Crippen LogP contribution in [-0.4, -0.2) is 35.9 Å². The van der Waals surface area contributed by atoms with Crippen LogP contribution in [0.2, 0.25) is 0 Å². The topological polar surface area (TPSA) is 78.7 Å². The number of hydrogen-bond donors (Lipinski definition) is 1. The Hall–Kier alpha value is -3.09. The Kier molecular flexibility index (Phi) is 3.79. The first-order valence-corrected chi connectivity index (χ1v) is 8.61.